The molecule has 0 aromatic heterocycles. The van der Waals surface area contributed by atoms with E-state index in [1.807, 2.05) is 0 Å². The molecule has 0 radical (unpaired) electrons. The summed E-state index contributed by atoms with van der Waals surface area (Å²) in [6, 6.07) is -1.96. The second kappa shape index (κ2) is 5.72. The zero-order chi connectivity index (χ0) is 13.9. The van der Waals surface area contributed by atoms with Gasteiger partial charge in [0.15, 0.2) is 5.92 Å². The van der Waals surface area contributed by atoms with E-state index in [2.05, 4.69) is 6.58 Å². The van der Waals surface area contributed by atoms with Gasteiger partial charge >= 0.3 is 12.4 Å². The lowest BCUT2D eigenvalue weighted by molar-refractivity contribution is -0.291. The third-order valence-corrected chi connectivity index (χ3v) is 2.33. The molecule has 102 valence electrons. The van der Waals surface area contributed by atoms with Crippen molar-refractivity contribution < 1.29 is 26.3 Å². The first-order valence-corrected chi connectivity index (χ1v) is 4.80. The molecule has 3 N–H and O–H groups in total. The van der Waals surface area contributed by atoms with Crippen molar-refractivity contribution in [3.8, 4) is 0 Å². The van der Waals surface area contributed by atoms with Gasteiger partial charge in [-0.1, -0.05) is 19.1 Å². The van der Waals surface area contributed by atoms with E-state index in [0.29, 0.717) is 6.42 Å². The molecule has 0 fully saturated rings. The van der Waals surface area contributed by atoms with Gasteiger partial charge in [0.1, 0.15) is 0 Å². The summed E-state index contributed by atoms with van der Waals surface area (Å²) >= 11 is 0. The molecular formula is C9H14F6N2. The van der Waals surface area contributed by atoms with Crippen molar-refractivity contribution in [1.29, 1.82) is 0 Å². The SMILES string of the molecule is C=C(CC)CC(NN)C(C(F)(F)F)C(F)(F)F. The maximum absolute atomic E-state index is 12.4. The molecule has 0 amide bonds. The number of hydrazine groups is 1. The van der Waals surface area contributed by atoms with E-state index in [1.165, 1.54) is 0 Å². The lowest BCUT2D eigenvalue weighted by Crippen LogP contribution is -2.53. The first kappa shape index (κ1) is 16.2. The van der Waals surface area contributed by atoms with E-state index in [9.17, 15) is 26.3 Å². The molecule has 0 aliphatic carbocycles. The summed E-state index contributed by atoms with van der Waals surface area (Å²) in [7, 11) is 0. The number of nitrogens with two attached hydrogens (primary N) is 1. The first-order chi connectivity index (χ1) is 7.54. The van der Waals surface area contributed by atoms with Gasteiger partial charge in [-0.2, -0.15) is 26.3 Å². The second-order valence-corrected chi connectivity index (χ2v) is 3.64. The molecule has 0 aromatic rings. The molecular weight excluding hydrogens is 250 g/mol. The summed E-state index contributed by atoms with van der Waals surface area (Å²) in [5.41, 5.74) is 1.85. The molecule has 0 bridgehead atoms. The van der Waals surface area contributed by atoms with Crippen molar-refractivity contribution in [2.75, 3.05) is 0 Å². The zero-order valence-electron chi connectivity index (χ0n) is 9.12. The van der Waals surface area contributed by atoms with Crippen molar-refractivity contribution >= 4 is 0 Å². The van der Waals surface area contributed by atoms with Crippen molar-refractivity contribution in [2.24, 2.45) is 11.8 Å². The highest BCUT2D eigenvalue weighted by Crippen LogP contribution is 2.42. The van der Waals surface area contributed by atoms with Crippen LogP contribution >= 0.6 is 0 Å². The Kier molecular flexibility index (Phi) is 5.47. The summed E-state index contributed by atoms with van der Waals surface area (Å²) in [4.78, 5) is 0. The summed E-state index contributed by atoms with van der Waals surface area (Å²) in [6.07, 6.45) is -11.0. The van der Waals surface area contributed by atoms with Gasteiger partial charge in [0, 0.05) is 6.04 Å². The highest BCUT2D eigenvalue weighted by Gasteiger charge is 2.59. The second-order valence-electron chi connectivity index (χ2n) is 3.64. The Hall–Kier alpha value is -0.760. The highest BCUT2D eigenvalue weighted by atomic mass is 19.4. The Labute approximate surface area is 94.8 Å². The third-order valence-electron chi connectivity index (χ3n) is 2.33. The fraction of sp³-hybridized carbons (Fsp3) is 0.778. The lowest BCUT2D eigenvalue weighted by atomic mass is 9.92. The molecule has 0 aromatic carbocycles. The van der Waals surface area contributed by atoms with Crippen LogP contribution in [0.15, 0.2) is 12.2 Å². The minimum atomic E-state index is -5.40. The van der Waals surface area contributed by atoms with E-state index >= 15 is 0 Å². The van der Waals surface area contributed by atoms with Crippen molar-refractivity contribution in [2.45, 2.75) is 38.2 Å². The number of halogens is 6. The summed E-state index contributed by atoms with van der Waals surface area (Å²) in [5, 5.41) is 0. The molecule has 1 atom stereocenters. The number of hydrogen-bond donors (Lipinski definition) is 2. The molecule has 17 heavy (non-hydrogen) atoms. The van der Waals surface area contributed by atoms with Crippen molar-refractivity contribution in [3.63, 3.8) is 0 Å². The quantitative estimate of drug-likeness (QED) is 0.347. The van der Waals surface area contributed by atoms with E-state index < -0.39 is 30.7 Å². The van der Waals surface area contributed by atoms with Gasteiger partial charge in [0.25, 0.3) is 0 Å². The monoisotopic (exact) mass is 264 g/mol. The van der Waals surface area contributed by atoms with Gasteiger partial charge in [0.05, 0.1) is 0 Å². The maximum atomic E-state index is 12.4. The maximum Gasteiger partial charge on any atom is 0.402 e. The number of hydrogen-bond acceptors (Lipinski definition) is 2. The van der Waals surface area contributed by atoms with Crippen LogP contribution in [0.4, 0.5) is 26.3 Å². The van der Waals surface area contributed by atoms with Crippen molar-refractivity contribution in [1.82, 2.24) is 5.43 Å². The van der Waals surface area contributed by atoms with Crippen LogP contribution in [-0.2, 0) is 0 Å². The van der Waals surface area contributed by atoms with Crippen LogP contribution in [0.3, 0.4) is 0 Å². The fourth-order valence-corrected chi connectivity index (χ4v) is 1.37. The molecule has 0 aliphatic rings. The molecule has 0 saturated heterocycles. The first-order valence-electron chi connectivity index (χ1n) is 4.80. The Bertz CT molecular complexity index is 243. The fourth-order valence-electron chi connectivity index (χ4n) is 1.37. The minimum absolute atomic E-state index is 0.270. The predicted octanol–water partition coefficient (Wildman–Crippen LogP) is 2.92. The number of nitrogens with one attached hydrogen (secondary N) is 1. The van der Waals surface area contributed by atoms with Crippen molar-refractivity contribution in [3.05, 3.63) is 12.2 Å². The van der Waals surface area contributed by atoms with Crippen LogP contribution in [0.1, 0.15) is 19.8 Å². The average molecular weight is 264 g/mol. The minimum Gasteiger partial charge on any atom is -0.271 e. The van der Waals surface area contributed by atoms with E-state index in [-0.39, 0.29) is 5.57 Å². The average Bonchev–Trinajstić information content (AvgIpc) is 2.11. The summed E-state index contributed by atoms with van der Waals surface area (Å²) in [5.74, 6) is 1.28. The lowest BCUT2D eigenvalue weighted by Gasteiger charge is -2.30. The molecule has 0 aliphatic heterocycles. The standard InChI is InChI=1S/C9H14F6N2/c1-3-5(2)4-6(17-16)7(8(10,11)12)9(13,14)15/h6-7,17H,2-4,16H2,1H3. The zero-order valence-corrected chi connectivity index (χ0v) is 9.12. The molecule has 1 unspecified atom stereocenters. The van der Waals surface area contributed by atoms with E-state index in [4.69, 9.17) is 5.84 Å². The largest absolute Gasteiger partial charge is 0.402 e. The van der Waals surface area contributed by atoms with Crippen LogP contribution in [0.5, 0.6) is 0 Å². The van der Waals surface area contributed by atoms with Crippen LogP contribution in [0, 0.1) is 5.92 Å². The highest BCUT2D eigenvalue weighted by molar-refractivity contribution is 5.00. The van der Waals surface area contributed by atoms with Gasteiger partial charge < -0.3 is 0 Å². The van der Waals surface area contributed by atoms with Crippen LogP contribution in [0.25, 0.3) is 0 Å². The topological polar surface area (TPSA) is 38.0 Å². The normalized spacial score (nSPS) is 15.1. The Balaban J connectivity index is 5.07. The smallest absolute Gasteiger partial charge is 0.271 e. The molecule has 0 spiro atoms. The Morgan fingerprint density at radius 3 is 1.82 bits per heavy atom. The summed E-state index contributed by atoms with van der Waals surface area (Å²) in [6.45, 7) is 4.97. The van der Waals surface area contributed by atoms with Crippen LogP contribution < -0.4 is 11.3 Å². The molecule has 0 saturated carbocycles. The molecule has 0 heterocycles. The van der Waals surface area contributed by atoms with E-state index in [0.717, 1.165) is 0 Å². The van der Waals surface area contributed by atoms with Gasteiger partial charge in [-0.15, -0.1) is 0 Å². The predicted molar refractivity (Wildman–Crippen MR) is 50.8 cm³/mol. The molecule has 8 heteroatoms. The number of rotatable bonds is 5. The van der Waals surface area contributed by atoms with E-state index in [1.54, 1.807) is 12.3 Å². The Morgan fingerprint density at radius 1 is 1.18 bits per heavy atom. The molecule has 2 nitrogen and oxygen atoms in total. The van der Waals surface area contributed by atoms with Gasteiger partial charge in [-0.3, -0.25) is 11.3 Å². The van der Waals surface area contributed by atoms with Crippen LogP contribution in [-0.4, -0.2) is 18.4 Å². The third kappa shape index (κ3) is 4.95. The molecule has 0 rings (SSSR count). The summed E-state index contributed by atoms with van der Waals surface area (Å²) < 4.78 is 74.2. The number of alkyl halides is 6. The Morgan fingerprint density at radius 2 is 1.59 bits per heavy atom. The van der Waals surface area contributed by atoms with Gasteiger partial charge in [0.2, 0.25) is 0 Å². The van der Waals surface area contributed by atoms with Crippen LogP contribution in [0.2, 0.25) is 0 Å². The van der Waals surface area contributed by atoms with Gasteiger partial charge in [-0.25, -0.2) is 0 Å². The van der Waals surface area contributed by atoms with Gasteiger partial charge in [-0.05, 0) is 12.8 Å².